The number of nitrogens with one attached hydrogen (secondary N) is 2. The fraction of sp³-hybridized carbons (Fsp3) is 0.0588. The number of sulfonamides is 2. The molecular formula is C51H44Cl2N6O4S2. The third-order valence-corrected chi connectivity index (χ3v) is 13.1. The van der Waals surface area contributed by atoms with Crippen molar-refractivity contribution in [2.45, 2.75) is 32.1 Å². The lowest BCUT2D eigenvalue weighted by atomic mass is 10.0. The standard InChI is InChI=1S/2C24H16ClN3O2S.3CH4/c25-17-12-14-18(15-13-17)31(29,30)28-24-23(26-21-10-3-4-11-22(21)27-24)20-9-5-7-16-6-1-2-8-19(16)20;25-19-11-13-20(14-12-19)31(29,30)28-24-23(26-21-7-3-4-8-22(21)27-24)18-10-9-16-5-1-2-6-17(16)15-18;;;/h2*1-15H,(H,27,28);3*1H4. The minimum atomic E-state index is -3.89. The number of rotatable bonds is 8. The molecule has 65 heavy (non-hydrogen) atoms. The largest absolute Gasteiger partial charge is 0.263 e. The van der Waals surface area contributed by atoms with E-state index in [9.17, 15) is 16.8 Å². The summed E-state index contributed by atoms with van der Waals surface area (Å²) in [4.78, 5) is 18.9. The number of aromatic nitrogens is 4. The van der Waals surface area contributed by atoms with Crippen LogP contribution in [0, 0.1) is 0 Å². The molecule has 328 valence electrons. The topological polar surface area (TPSA) is 144 Å². The van der Waals surface area contributed by atoms with E-state index >= 15 is 0 Å². The summed E-state index contributed by atoms with van der Waals surface area (Å²) in [6.45, 7) is 0. The second kappa shape index (κ2) is 19.8. The van der Waals surface area contributed by atoms with E-state index in [-0.39, 0.29) is 43.7 Å². The summed E-state index contributed by atoms with van der Waals surface area (Å²) < 4.78 is 57.4. The molecule has 2 N–H and O–H groups in total. The van der Waals surface area contributed by atoms with Gasteiger partial charge in [0.1, 0.15) is 11.4 Å². The zero-order chi connectivity index (χ0) is 42.8. The Morgan fingerprint density at radius 1 is 0.385 bits per heavy atom. The molecule has 0 bridgehead atoms. The molecule has 0 saturated carbocycles. The molecule has 14 heteroatoms. The summed E-state index contributed by atoms with van der Waals surface area (Å²) in [5.74, 6) is 0.342. The molecule has 0 unspecified atom stereocenters. The van der Waals surface area contributed by atoms with Crippen LogP contribution < -0.4 is 9.44 Å². The van der Waals surface area contributed by atoms with Crippen molar-refractivity contribution >= 4 is 98.5 Å². The quantitative estimate of drug-likeness (QED) is 0.153. The average molecular weight is 940 g/mol. The Balaban J connectivity index is 0.000000206. The molecular weight excluding hydrogens is 896 g/mol. The number of benzene rings is 8. The van der Waals surface area contributed by atoms with Crippen molar-refractivity contribution in [2.24, 2.45) is 0 Å². The van der Waals surface area contributed by atoms with E-state index in [2.05, 4.69) is 19.4 Å². The number of halogens is 2. The van der Waals surface area contributed by atoms with Crippen molar-refractivity contribution < 1.29 is 16.8 Å². The van der Waals surface area contributed by atoms with Gasteiger partial charge in [-0.2, -0.15) is 0 Å². The minimum Gasteiger partial charge on any atom is -0.262 e. The van der Waals surface area contributed by atoms with Crippen LogP contribution in [0.25, 0.3) is 66.1 Å². The maximum Gasteiger partial charge on any atom is 0.263 e. The van der Waals surface area contributed by atoms with Crippen LogP contribution in [-0.2, 0) is 20.0 Å². The van der Waals surface area contributed by atoms with E-state index in [0.717, 1.165) is 32.7 Å². The predicted octanol–water partition coefficient (Wildman–Crippen LogP) is 13.7. The van der Waals surface area contributed by atoms with Crippen LogP contribution in [0.1, 0.15) is 22.3 Å². The molecule has 0 radical (unpaired) electrons. The number of para-hydroxylation sites is 4. The van der Waals surface area contributed by atoms with Crippen molar-refractivity contribution in [3.05, 3.63) is 192 Å². The maximum atomic E-state index is 13.1. The average Bonchev–Trinajstić information content (AvgIpc) is 3.28. The van der Waals surface area contributed by atoms with Gasteiger partial charge in [-0.25, -0.2) is 36.8 Å². The maximum absolute atomic E-state index is 13.1. The Morgan fingerprint density at radius 3 is 1.34 bits per heavy atom. The molecule has 0 fully saturated rings. The van der Waals surface area contributed by atoms with E-state index in [1.165, 1.54) is 48.5 Å². The summed E-state index contributed by atoms with van der Waals surface area (Å²) in [6, 6.07) is 54.3. The Kier molecular flexibility index (Phi) is 14.5. The van der Waals surface area contributed by atoms with Gasteiger partial charge in [-0.3, -0.25) is 9.44 Å². The molecule has 10 rings (SSSR count). The minimum absolute atomic E-state index is 0. The highest BCUT2D eigenvalue weighted by Crippen LogP contribution is 2.35. The van der Waals surface area contributed by atoms with Crippen molar-refractivity contribution in [1.82, 2.24) is 19.9 Å². The molecule has 0 aliphatic carbocycles. The molecule has 0 aliphatic rings. The third-order valence-electron chi connectivity index (χ3n) is 9.92. The van der Waals surface area contributed by atoms with Gasteiger partial charge in [0.2, 0.25) is 0 Å². The summed E-state index contributed by atoms with van der Waals surface area (Å²) in [6.07, 6.45) is 0. The highest BCUT2D eigenvalue weighted by Gasteiger charge is 2.22. The number of hydrogen-bond acceptors (Lipinski definition) is 8. The molecule has 0 atom stereocenters. The van der Waals surface area contributed by atoms with Gasteiger partial charge in [-0.05, 0) is 100 Å². The van der Waals surface area contributed by atoms with E-state index < -0.39 is 20.0 Å². The Labute approximate surface area is 389 Å². The monoisotopic (exact) mass is 938 g/mol. The van der Waals surface area contributed by atoms with Gasteiger partial charge >= 0.3 is 0 Å². The SMILES string of the molecule is C.C.C.O=S(=O)(Nc1nc2ccccc2nc1-c1ccc2ccccc2c1)c1ccc(Cl)cc1.O=S(=O)(Nc1nc2ccccc2nc1-c1cccc2ccccc12)c1ccc(Cl)cc1. The highest BCUT2D eigenvalue weighted by atomic mass is 35.5. The van der Waals surface area contributed by atoms with Crippen molar-refractivity contribution in [3.63, 3.8) is 0 Å². The first-order chi connectivity index (χ1) is 30.0. The van der Waals surface area contributed by atoms with Crippen LogP contribution in [0.15, 0.2) is 192 Å². The lowest BCUT2D eigenvalue weighted by Crippen LogP contribution is -2.15. The molecule has 0 spiro atoms. The molecule has 10 nitrogen and oxygen atoms in total. The van der Waals surface area contributed by atoms with Gasteiger partial charge < -0.3 is 0 Å². The first-order valence-corrected chi connectivity index (χ1v) is 22.8. The van der Waals surface area contributed by atoms with Crippen LogP contribution in [0.3, 0.4) is 0 Å². The van der Waals surface area contributed by atoms with Crippen LogP contribution >= 0.6 is 23.2 Å². The zero-order valence-electron chi connectivity index (χ0n) is 32.3. The van der Waals surface area contributed by atoms with Crippen molar-refractivity contribution in [2.75, 3.05) is 9.44 Å². The lowest BCUT2D eigenvalue weighted by Gasteiger charge is -2.14. The number of hydrogen-bond donors (Lipinski definition) is 2. The number of fused-ring (bicyclic) bond motifs is 4. The van der Waals surface area contributed by atoms with Gasteiger partial charge in [-0.1, -0.05) is 149 Å². The summed E-state index contributed by atoms with van der Waals surface area (Å²) in [5.41, 5.74) is 5.05. The Bertz CT molecular complexity index is 3530. The third kappa shape index (κ3) is 10.2. The predicted molar refractivity (Wildman–Crippen MR) is 270 cm³/mol. The second-order valence-corrected chi connectivity index (χ2v) is 18.3. The van der Waals surface area contributed by atoms with Crippen molar-refractivity contribution in [1.29, 1.82) is 0 Å². The zero-order valence-corrected chi connectivity index (χ0v) is 35.5. The van der Waals surface area contributed by atoms with Gasteiger partial charge in [0.05, 0.1) is 31.9 Å². The highest BCUT2D eigenvalue weighted by molar-refractivity contribution is 7.93. The lowest BCUT2D eigenvalue weighted by molar-refractivity contribution is 0.599. The molecule has 2 aromatic heterocycles. The van der Waals surface area contributed by atoms with Crippen LogP contribution in [0.4, 0.5) is 11.6 Å². The van der Waals surface area contributed by atoms with E-state index in [0.29, 0.717) is 43.5 Å². The normalized spacial score (nSPS) is 11.1. The Hall–Kier alpha value is -6.96. The molecule has 0 saturated heterocycles. The van der Waals surface area contributed by atoms with E-state index in [1.807, 2.05) is 121 Å². The summed E-state index contributed by atoms with van der Waals surface area (Å²) in [5, 5.41) is 5.02. The first kappa shape index (κ1) is 47.5. The molecule has 8 aromatic carbocycles. The second-order valence-electron chi connectivity index (χ2n) is 14.0. The molecule has 2 heterocycles. The number of nitrogens with zero attached hydrogens (tertiary/aromatic N) is 4. The van der Waals surface area contributed by atoms with E-state index in [1.54, 1.807) is 12.1 Å². The summed E-state index contributed by atoms with van der Waals surface area (Å²) >= 11 is 11.8. The van der Waals surface area contributed by atoms with Gasteiger partial charge in [0.15, 0.2) is 11.6 Å². The fourth-order valence-electron chi connectivity index (χ4n) is 6.90. The van der Waals surface area contributed by atoms with E-state index in [4.69, 9.17) is 33.2 Å². The smallest absolute Gasteiger partial charge is 0.262 e. The molecule has 0 amide bonds. The molecule has 0 aliphatic heterocycles. The Morgan fingerprint density at radius 2 is 0.800 bits per heavy atom. The first-order valence-electron chi connectivity index (χ1n) is 19.1. The van der Waals surface area contributed by atoms with Gasteiger partial charge in [0, 0.05) is 21.2 Å². The van der Waals surface area contributed by atoms with Crippen LogP contribution in [0.2, 0.25) is 10.0 Å². The molecule has 10 aromatic rings. The van der Waals surface area contributed by atoms with Gasteiger partial charge in [-0.15, -0.1) is 0 Å². The van der Waals surface area contributed by atoms with Gasteiger partial charge in [0.25, 0.3) is 20.0 Å². The van der Waals surface area contributed by atoms with Crippen LogP contribution in [0.5, 0.6) is 0 Å². The van der Waals surface area contributed by atoms with Crippen LogP contribution in [-0.4, -0.2) is 36.8 Å². The fourth-order valence-corrected chi connectivity index (χ4v) is 9.17. The van der Waals surface area contributed by atoms with Crippen molar-refractivity contribution in [3.8, 4) is 22.5 Å². The number of anilines is 2. The summed E-state index contributed by atoms with van der Waals surface area (Å²) in [7, 11) is -7.78.